The van der Waals surface area contributed by atoms with Gasteiger partial charge in [0.1, 0.15) is 0 Å². The van der Waals surface area contributed by atoms with Crippen molar-refractivity contribution in [3.8, 4) is 0 Å². The van der Waals surface area contributed by atoms with Gasteiger partial charge in [0.25, 0.3) is 0 Å². The fourth-order valence-corrected chi connectivity index (χ4v) is 3.92. The Labute approximate surface area is 106 Å². The summed E-state index contributed by atoms with van der Waals surface area (Å²) in [4.78, 5) is 2.76. The maximum Gasteiger partial charge on any atom is 0.00957 e. The van der Waals surface area contributed by atoms with Crippen molar-refractivity contribution in [1.82, 2.24) is 4.90 Å². The molecule has 17 heavy (non-hydrogen) atoms. The molecule has 0 N–H and O–H groups in total. The highest BCUT2D eigenvalue weighted by atomic mass is 15.2. The van der Waals surface area contributed by atoms with Crippen molar-refractivity contribution in [2.75, 3.05) is 13.1 Å². The molecule has 0 bridgehead atoms. The third-order valence-electron chi connectivity index (χ3n) is 5.10. The summed E-state index contributed by atoms with van der Waals surface area (Å²) in [6.07, 6.45) is 17.8. The molecule has 1 aliphatic heterocycles. The predicted molar refractivity (Wildman–Crippen MR) is 72.9 cm³/mol. The highest BCUT2D eigenvalue weighted by molar-refractivity contribution is 5.16. The largest absolute Gasteiger partial charge is 0.299 e. The summed E-state index contributed by atoms with van der Waals surface area (Å²) in [6.45, 7) is 5.15. The van der Waals surface area contributed by atoms with Crippen LogP contribution in [0.5, 0.6) is 0 Å². The standard InChI is InChI=1S/C16H25N/c1-16(14-8-4-2-5-9-14)12-17(13-16)15-10-6-3-7-11-15/h2,4-5,8,14-15H,3,6-7,9-13H2,1H3. The molecule has 2 fully saturated rings. The molecular weight excluding hydrogens is 206 g/mol. The van der Waals surface area contributed by atoms with Crippen LogP contribution in [0.15, 0.2) is 24.3 Å². The highest BCUT2D eigenvalue weighted by Gasteiger charge is 2.45. The van der Waals surface area contributed by atoms with E-state index in [0.29, 0.717) is 5.41 Å². The third kappa shape index (κ3) is 2.22. The molecule has 94 valence electrons. The fourth-order valence-electron chi connectivity index (χ4n) is 3.92. The summed E-state index contributed by atoms with van der Waals surface area (Å²) in [5.74, 6) is 0.785. The monoisotopic (exact) mass is 231 g/mol. The summed E-state index contributed by atoms with van der Waals surface area (Å²) in [5.41, 5.74) is 0.554. The number of nitrogens with zero attached hydrogens (tertiary/aromatic N) is 1. The first-order valence-electron chi connectivity index (χ1n) is 7.35. The minimum Gasteiger partial charge on any atom is -0.299 e. The molecule has 0 aromatic heterocycles. The lowest BCUT2D eigenvalue weighted by molar-refractivity contribution is -0.0542. The maximum atomic E-state index is 2.76. The molecule has 0 spiro atoms. The zero-order chi connectivity index (χ0) is 11.7. The lowest BCUT2D eigenvalue weighted by Crippen LogP contribution is -2.61. The summed E-state index contributed by atoms with van der Waals surface area (Å²) >= 11 is 0. The van der Waals surface area contributed by atoms with Crippen molar-refractivity contribution < 1.29 is 0 Å². The molecule has 1 atom stereocenters. The molecule has 0 aromatic rings. The van der Waals surface area contributed by atoms with E-state index in [0.717, 1.165) is 12.0 Å². The van der Waals surface area contributed by atoms with Gasteiger partial charge in [-0.2, -0.15) is 0 Å². The Bertz CT molecular complexity index is 316. The molecule has 0 aromatic carbocycles. The molecule has 3 rings (SSSR count). The van der Waals surface area contributed by atoms with Gasteiger partial charge in [-0.25, -0.2) is 0 Å². The molecule has 0 amide bonds. The minimum atomic E-state index is 0.554. The van der Waals surface area contributed by atoms with Crippen molar-refractivity contribution in [2.24, 2.45) is 11.3 Å². The molecule has 1 heteroatoms. The first-order chi connectivity index (χ1) is 8.28. The van der Waals surface area contributed by atoms with E-state index < -0.39 is 0 Å². The Morgan fingerprint density at radius 2 is 1.82 bits per heavy atom. The van der Waals surface area contributed by atoms with E-state index in [1.54, 1.807) is 0 Å². The Hall–Kier alpha value is -0.560. The van der Waals surface area contributed by atoms with E-state index in [-0.39, 0.29) is 0 Å². The molecule has 2 aliphatic carbocycles. The van der Waals surface area contributed by atoms with Crippen molar-refractivity contribution in [3.63, 3.8) is 0 Å². The predicted octanol–water partition coefficient (Wildman–Crippen LogP) is 3.77. The van der Waals surface area contributed by atoms with Gasteiger partial charge in [-0.3, -0.25) is 4.90 Å². The van der Waals surface area contributed by atoms with Crippen molar-refractivity contribution in [1.29, 1.82) is 0 Å². The number of allylic oxidation sites excluding steroid dienone is 4. The van der Waals surface area contributed by atoms with Gasteiger partial charge in [0.05, 0.1) is 0 Å². The van der Waals surface area contributed by atoms with Gasteiger partial charge >= 0.3 is 0 Å². The topological polar surface area (TPSA) is 3.24 Å². The molecule has 3 aliphatic rings. The van der Waals surface area contributed by atoms with Crippen molar-refractivity contribution in [2.45, 2.75) is 51.5 Å². The van der Waals surface area contributed by atoms with Gasteiger partial charge in [-0.1, -0.05) is 50.5 Å². The van der Waals surface area contributed by atoms with Gasteiger partial charge < -0.3 is 0 Å². The smallest absolute Gasteiger partial charge is 0.00957 e. The van der Waals surface area contributed by atoms with Crippen LogP contribution in [0, 0.1) is 11.3 Å². The second-order valence-electron chi connectivity index (χ2n) is 6.51. The average Bonchev–Trinajstić information content (AvgIpc) is 2.37. The normalized spacial score (nSPS) is 33.6. The average molecular weight is 231 g/mol. The Kier molecular flexibility index (Phi) is 3.12. The number of hydrogen-bond donors (Lipinski definition) is 0. The molecule has 1 heterocycles. The van der Waals surface area contributed by atoms with Crippen LogP contribution in [0.3, 0.4) is 0 Å². The molecule has 0 radical (unpaired) electrons. The summed E-state index contributed by atoms with van der Waals surface area (Å²) in [5, 5.41) is 0. The number of hydrogen-bond acceptors (Lipinski definition) is 1. The summed E-state index contributed by atoms with van der Waals surface area (Å²) in [7, 11) is 0. The maximum absolute atomic E-state index is 2.76. The second kappa shape index (κ2) is 4.61. The quantitative estimate of drug-likeness (QED) is 0.699. The van der Waals surface area contributed by atoms with Crippen LogP contribution in [-0.2, 0) is 0 Å². The van der Waals surface area contributed by atoms with Crippen molar-refractivity contribution >= 4 is 0 Å². The van der Waals surface area contributed by atoms with E-state index >= 15 is 0 Å². The van der Waals surface area contributed by atoms with E-state index in [2.05, 4.69) is 36.1 Å². The minimum absolute atomic E-state index is 0.554. The fraction of sp³-hybridized carbons (Fsp3) is 0.750. The molecule has 1 saturated carbocycles. The van der Waals surface area contributed by atoms with Crippen LogP contribution in [-0.4, -0.2) is 24.0 Å². The molecule has 1 unspecified atom stereocenters. The van der Waals surface area contributed by atoms with Gasteiger partial charge in [-0.15, -0.1) is 0 Å². The van der Waals surface area contributed by atoms with E-state index in [1.807, 2.05) is 0 Å². The van der Waals surface area contributed by atoms with Crippen LogP contribution in [0.25, 0.3) is 0 Å². The summed E-state index contributed by atoms with van der Waals surface area (Å²) < 4.78 is 0. The Morgan fingerprint density at radius 3 is 2.47 bits per heavy atom. The zero-order valence-electron chi connectivity index (χ0n) is 11.1. The first kappa shape index (κ1) is 11.5. The van der Waals surface area contributed by atoms with Crippen molar-refractivity contribution in [3.05, 3.63) is 24.3 Å². The van der Waals surface area contributed by atoms with Gasteiger partial charge in [0.15, 0.2) is 0 Å². The second-order valence-corrected chi connectivity index (χ2v) is 6.51. The number of rotatable bonds is 2. The van der Waals surface area contributed by atoms with Crippen LogP contribution in [0.2, 0.25) is 0 Å². The lowest BCUT2D eigenvalue weighted by Gasteiger charge is -2.55. The van der Waals surface area contributed by atoms with E-state index in [4.69, 9.17) is 0 Å². The Balaban J connectivity index is 1.55. The first-order valence-corrected chi connectivity index (χ1v) is 7.35. The van der Waals surface area contributed by atoms with Gasteiger partial charge in [-0.05, 0) is 30.6 Å². The highest BCUT2D eigenvalue weighted by Crippen LogP contribution is 2.43. The SMILES string of the molecule is CC1(C2C=CC=CC2)CN(C2CCCCC2)C1. The van der Waals surface area contributed by atoms with Gasteiger partial charge in [0.2, 0.25) is 0 Å². The van der Waals surface area contributed by atoms with Crippen LogP contribution in [0.1, 0.15) is 45.4 Å². The van der Waals surface area contributed by atoms with Gasteiger partial charge in [0, 0.05) is 19.1 Å². The molecular formula is C16H25N. The third-order valence-corrected chi connectivity index (χ3v) is 5.10. The van der Waals surface area contributed by atoms with Crippen LogP contribution < -0.4 is 0 Å². The number of likely N-dealkylation sites (tertiary alicyclic amines) is 1. The molecule has 1 nitrogen and oxygen atoms in total. The van der Waals surface area contributed by atoms with E-state index in [1.165, 1.54) is 51.6 Å². The zero-order valence-corrected chi connectivity index (χ0v) is 11.1. The Morgan fingerprint density at radius 1 is 1.06 bits per heavy atom. The van der Waals surface area contributed by atoms with Crippen LogP contribution >= 0.6 is 0 Å². The lowest BCUT2D eigenvalue weighted by atomic mass is 9.67. The van der Waals surface area contributed by atoms with Crippen LogP contribution in [0.4, 0.5) is 0 Å². The molecule has 1 saturated heterocycles. The summed E-state index contributed by atoms with van der Waals surface area (Å²) in [6, 6.07) is 0.917. The van der Waals surface area contributed by atoms with E-state index in [9.17, 15) is 0 Å².